The summed E-state index contributed by atoms with van der Waals surface area (Å²) in [7, 11) is 0. The van der Waals surface area contributed by atoms with Crippen molar-refractivity contribution in [3.63, 3.8) is 0 Å². The van der Waals surface area contributed by atoms with Gasteiger partial charge in [0.15, 0.2) is 0 Å². The second-order valence-corrected chi connectivity index (χ2v) is 1.71. The number of hydrazone groups is 1. The Kier molecular flexibility index (Phi) is 4.47. The lowest BCUT2D eigenvalue weighted by Crippen LogP contribution is -2.00. The third-order valence-electron chi connectivity index (χ3n) is 0.997. The summed E-state index contributed by atoms with van der Waals surface area (Å²) < 4.78 is 0. The molecule has 0 amide bonds. The van der Waals surface area contributed by atoms with Gasteiger partial charge in [-0.3, -0.25) is 0 Å². The average Bonchev–Trinajstić information content (AvgIpc) is 2.00. The van der Waals surface area contributed by atoms with E-state index in [1.165, 1.54) is 6.21 Å². The molecule has 0 aliphatic rings. The number of nitrogens with zero attached hydrogens (tertiary/aromatic N) is 2. The predicted octanol–water partition coefficient (Wildman–Crippen LogP) is 0.378. The molecule has 0 unspecified atom stereocenters. The average molecular weight is 152 g/mol. The van der Waals surface area contributed by atoms with Crippen molar-refractivity contribution >= 4 is 12.4 Å². The summed E-state index contributed by atoms with van der Waals surface area (Å²) in [6.45, 7) is 5.30. The Morgan fingerprint density at radius 3 is 2.55 bits per heavy atom. The summed E-state index contributed by atoms with van der Waals surface area (Å²) in [4.78, 5) is 3.83. The van der Waals surface area contributed by atoms with Crippen molar-refractivity contribution in [3.05, 3.63) is 24.0 Å². The highest BCUT2D eigenvalue weighted by Gasteiger charge is 1.91. The van der Waals surface area contributed by atoms with Crippen LogP contribution in [0.1, 0.15) is 6.92 Å². The Labute approximate surface area is 66.0 Å². The van der Waals surface area contributed by atoms with Gasteiger partial charge in [-0.25, -0.2) is 4.99 Å². The zero-order chi connectivity index (χ0) is 8.69. The van der Waals surface area contributed by atoms with E-state index in [4.69, 9.17) is 11.6 Å². The molecule has 0 rings (SSSR count). The molecular weight excluding hydrogens is 140 g/mol. The molecule has 4 N–H and O–H groups in total. The molecule has 0 bridgehead atoms. The highest BCUT2D eigenvalue weighted by Crippen LogP contribution is 1.97. The number of hydrogen-bond acceptors (Lipinski definition) is 4. The van der Waals surface area contributed by atoms with Crippen molar-refractivity contribution in [1.29, 1.82) is 0 Å². The maximum absolute atomic E-state index is 5.49. The molecule has 0 atom stereocenters. The Hall–Kier alpha value is -1.58. The Morgan fingerprint density at radius 2 is 2.18 bits per heavy atom. The molecule has 4 nitrogen and oxygen atoms in total. The van der Waals surface area contributed by atoms with Crippen molar-refractivity contribution in [3.8, 4) is 0 Å². The highest BCUT2D eigenvalue weighted by molar-refractivity contribution is 5.83. The minimum Gasteiger partial charge on any atom is -0.383 e. The Bertz CT molecular complexity index is 212. The van der Waals surface area contributed by atoms with Gasteiger partial charge in [0, 0.05) is 11.8 Å². The number of aliphatic imine (C=N–C) groups is 1. The van der Waals surface area contributed by atoms with Gasteiger partial charge in [0.25, 0.3) is 0 Å². The monoisotopic (exact) mass is 152 g/mol. The molecule has 0 aromatic heterocycles. The number of rotatable bonds is 3. The molecule has 0 saturated carbocycles. The lowest BCUT2D eigenvalue weighted by Gasteiger charge is -1.94. The van der Waals surface area contributed by atoms with Crippen LogP contribution in [0.5, 0.6) is 0 Å². The first-order valence-electron chi connectivity index (χ1n) is 3.10. The molecule has 60 valence electrons. The van der Waals surface area contributed by atoms with E-state index in [-0.39, 0.29) is 0 Å². The van der Waals surface area contributed by atoms with Crippen LogP contribution < -0.4 is 11.6 Å². The van der Waals surface area contributed by atoms with Crippen LogP contribution in [0, 0.1) is 0 Å². The van der Waals surface area contributed by atoms with Crippen LogP contribution in [-0.2, 0) is 0 Å². The lowest BCUT2D eigenvalue weighted by molar-refractivity contribution is 1.22. The fraction of sp³-hybridized carbons (Fsp3) is 0.143. The quantitative estimate of drug-likeness (QED) is 0.265. The van der Waals surface area contributed by atoms with E-state index in [0.29, 0.717) is 11.4 Å². The zero-order valence-electron chi connectivity index (χ0n) is 6.49. The molecule has 0 fully saturated rings. The van der Waals surface area contributed by atoms with Crippen molar-refractivity contribution in [1.82, 2.24) is 0 Å². The summed E-state index contributed by atoms with van der Waals surface area (Å²) >= 11 is 0. The van der Waals surface area contributed by atoms with E-state index >= 15 is 0 Å². The standard InChI is InChI=1S/C7H12N4/c1-3-6(5-11-9)7(8)10-4-2/h3-5H,1,8-9H2,2H3/b7-6+,10-4-,11-5-. The van der Waals surface area contributed by atoms with Gasteiger partial charge in [-0.1, -0.05) is 12.7 Å². The van der Waals surface area contributed by atoms with Crippen LogP contribution in [0.2, 0.25) is 0 Å². The molecule has 0 aliphatic carbocycles. The SMILES string of the molecule is C=CC(/C=N\N)=C(N)\N=C/C. The maximum atomic E-state index is 5.49. The van der Waals surface area contributed by atoms with Gasteiger partial charge in [-0.15, -0.1) is 0 Å². The number of nitrogens with two attached hydrogens (primary N) is 2. The first kappa shape index (κ1) is 9.42. The fourth-order valence-corrected chi connectivity index (χ4v) is 0.517. The van der Waals surface area contributed by atoms with Crippen molar-refractivity contribution in [2.45, 2.75) is 6.92 Å². The van der Waals surface area contributed by atoms with Gasteiger partial charge < -0.3 is 11.6 Å². The van der Waals surface area contributed by atoms with Crippen LogP contribution in [0.4, 0.5) is 0 Å². The van der Waals surface area contributed by atoms with Crippen LogP contribution in [0.3, 0.4) is 0 Å². The number of allylic oxidation sites excluding steroid dienone is 2. The summed E-state index contributed by atoms with van der Waals surface area (Å²) in [5.74, 6) is 5.28. The molecule has 0 aliphatic heterocycles. The minimum absolute atomic E-state index is 0.358. The summed E-state index contributed by atoms with van der Waals surface area (Å²) in [6.07, 6.45) is 4.53. The molecule has 0 aromatic carbocycles. The largest absolute Gasteiger partial charge is 0.383 e. The highest BCUT2D eigenvalue weighted by atomic mass is 15.1. The van der Waals surface area contributed by atoms with Crippen LogP contribution in [0.25, 0.3) is 0 Å². The van der Waals surface area contributed by atoms with Crippen LogP contribution in [-0.4, -0.2) is 12.4 Å². The van der Waals surface area contributed by atoms with Crippen molar-refractivity contribution < 1.29 is 0 Å². The molecule has 0 heterocycles. The minimum atomic E-state index is 0.358. The predicted molar refractivity (Wildman–Crippen MR) is 48.3 cm³/mol. The van der Waals surface area contributed by atoms with Crippen LogP contribution in [0.15, 0.2) is 34.1 Å². The first-order chi connectivity index (χ1) is 5.26. The van der Waals surface area contributed by atoms with E-state index in [9.17, 15) is 0 Å². The summed E-state index contributed by atoms with van der Waals surface area (Å²) in [5.41, 5.74) is 6.10. The van der Waals surface area contributed by atoms with E-state index in [1.807, 2.05) is 0 Å². The molecule has 0 radical (unpaired) electrons. The summed E-state index contributed by atoms with van der Waals surface area (Å²) in [6, 6.07) is 0. The molecular formula is C7H12N4. The van der Waals surface area contributed by atoms with Gasteiger partial charge in [0.05, 0.1) is 6.21 Å². The normalized spacial score (nSPS) is 13.9. The van der Waals surface area contributed by atoms with Gasteiger partial charge in [-0.2, -0.15) is 5.10 Å². The Morgan fingerprint density at radius 1 is 1.55 bits per heavy atom. The number of hydrogen-bond donors (Lipinski definition) is 2. The van der Waals surface area contributed by atoms with E-state index < -0.39 is 0 Å². The maximum Gasteiger partial charge on any atom is 0.131 e. The van der Waals surface area contributed by atoms with Gasteiger partial charge in [0.1, 0.15) is 5.82 Å². The molecule has 0 spiro atoms. The molecule has 0 saturated heterocycles. The van der Waals surface area contributed by atoms with Crippen LogP contribution >= 0.6 is 0 Å². The first-order valence-corrected chi connectivity index (χ1v) is 3.10. The van der Waals surface area contributed by atoms with Gasteiger partial charge >= 0.3 is 0 Å². The van der Waals surface area contributed by atoms with Gasteiger partial charge in [0.2, 0.25) is 0 Å². The van der Waals surface area contributed by atoms with E-state index in [2.05, 4.69) is 16.7 Å². The lowest BCUT2D eigenvalue weighted by atomic mass is 10.3. The smallest absolute Gasteiger partial charge is 0.131 e. The molecule has 11 heavy (non-hydrogen) atoms. The van der Waals surface area contributed by atoms with E-state index in [1.54, 1.807) is 19.2 Å². The zero-order valence-corrected chi connectivity index (χ0v) is 6.49. The Balaban J connectivity index is 4.66. The molecule has 4 heteroatoms. The molecule has 0 aromatic rings. The fourth-order valence-electron chi connectivity index (χ4n) is 0.517. The summed E-state index contributed by atoms with van der Waals surface area (Å²) in [5, 5.41) is 3.30. The second kappa shape index (κ2) is 5.22. The second-order valence-electron chi connectivity index (χ2n) is 1.71. The topological polar surface area (TPSA) is 76.8 Å². The van der Waals surface area contributed by atoms with Gasteiger partial charge in [-0.05, 0) is 6.92 Å². The third-order valence-corrected chi connectivity index (χ3v) is 0.997. The van der Waals surface area contributed by atoms with Crippen molar-refractivity contribution in [2.75, 3.05) is 0 Å². The van der Waals surface area contributed by atoms with E-state index in [0.717, 1.165) is 0 Å². The third kappa shape index (κ3) is 3.20. The van der Waals surface area contributed by atoms with Crippen molar-refractivity contribution in [2.24, 2.45) is 21.7 Å².